The van der Waals surface area contributed by atoms with E-state index < -0.39 is 0 Å². The summed E-state index contributed by atoms with van der Waals surface area (Å²) in [6, 6.07) is 16.4. The van der Waals surface area contributed by atoms with Gasteiger partial charge in [-0.15, -0.1) is 0 Å². The SMILES string of the molecule is COc1ccc(C#N)cc1-c1ccc(CNC(C)C)cc1. The van der Waals surface area contributed by atoms with Crippen LogP contribution in [0.1, 0.15) is 25.0 Å². The molecule has 0 amide bonds. The van der Waals surface area contributed by atoms with Crippen LogP contribution in [0, 0.1) is 11.3 Å². The second kappa shape index (κ2) is 6.92. The molecule has 2 aromatic carbocycles. The first-order valence-electron chi connectivity index (χ1n) is 7.05. The number of ether oxygens (including phenoxy) is 1. The van der Waals surface area contributed by atoms with E-state index >= 15 is 0 Å². The van der Waals surface area contributed by atoms with Crippen molar-refractivity contribution < 1.29 is 4.74 Å². The van der Waals surface area contributed by atoms with Crippen molar-refractivity contribution in [1.82, 2.24) is 5.32 Å². The number of nitriles is 1. The van der Waals surface area contributed by atoms with Gasteiger partial charge in [-0.3, -0.25) is 0 Å². The van der Waals surface area contributed by atoms with Gasteiger partial charge in [0.1, 0.15) is 5.75 Å². The molecule has 2 rings (SSSR count). The Morgan fingerprint density at radius 3 is 2.43 bits per heavy atom. The Kier molecular flexibility index (Phi) is 4.97. The monoisotopic (exact) mass is 280 g/mol. The van der Waals surface area contributed by atoms with E-state index in [0.29, 0.717) is 11.6 Å². The van der Waals surface area contributed by atoms with Gasteiger partial charge in [-0.2, -0.15) is 5.26 Å². The third kappa shape index (κ3) is 3.84. The molecule has 0 atom stereocenters. The quantitative estimate of drug-likeness (QED) is 0.907. The molecule has 1 N–H and O–H groups in total. The Hall–Kier alpha value is -2.31. The maximum Gasteiger partial charge on any atom is 0.126 e. The lowest BCUT2D eigenvalue weighted by Crippen LogP contribution is -2.21. The summed E-state index contributed by atoms with van der Waals surface area (Å²) in [5.41, 5.74) is 3.87. The van der Waals surface area contributed by atoms with E-state index in [1.165, 1.54) is 5.56 Å². The van der Waals surface area contributed by atoms with Crippen LogP contribution < -0.4 is 10.1 Å². The third-order valence-electron chi connectivity index (χ3n) is 3.31. The topological polar surface area (TPSA) is 45.0 Å². The zero-order valence-corrected chi connectivity index (χ0v) is 12.7. The van der Waals surface area contributed by atoms with Crippen molar-refractivity contribution in [3.05, 3.63) is 53.6 Å². The average Bonchev–Trinajstić information content (AvgIpc) is 2.52. The molecule has 0 unspecified atom stereocenters. The van der Waals surface area contributed by atoms with Crippen LogP contribution in [0.15, 0.2) is 42.5 Å². The maximum atomic E-state index is 9.04. The number of nitrogens with one attached hydrogen (secondary N) is 1. The van der Waals surface area contributed by atoms with Crippen molar-refractivity contribution in [1.29, 1.82) is 5.26 Å². The van der Waals surface area contributed by atoms with E-state index in [0.717, 1.165) is 23.4 Å². The van der Waals surface area contributed by atoms with Gasteiger partial charge >= 0.3 is 0 Å². The van der Waals surface area contributed by atoms with Crippen molar-refractivity contribution >= 4 is 0 Å². The summed E-state index contributed by atoms with van der Waals surface area (Å²) in [6.45, 7) is 5.12. The van der Waals surface area contributed by atoms with Gasteiger partial charge < -0.3 is 10.1 Å². The molecule has 0 bridgehead atoms. The molecule has 0 heterocycles. The third-order valence-corrected chi connectivity index (χ3v) is 3.31. The Morgan fingerprint density at radius 2 is 1.86 bits per heavy atom. The first-order chi connectivity index (χ1) is 10.1. The van der Waals surface area contributed by atoms with Crippen molar-refractivity contribution in [2.45, 2.75) is 26.4 Å². The number of rotatable bonds is 5. The lowest BCUT2D eigenvalue weighted by atomic mass is 10.0. The molecule has 2 aromatic rings. The van der Waals surface area contributed by atoms with Gasteiger partial charge in [0, 0.05) is 18.2 Å². The molecule has 0 aromatic heterocycles. The summed E-state index contributed by atoms with van der Waals surface area (Å²) in [5.74, 6) is 0.780. The normalized spacial score (nSPS) is 10.4. The molecule has 21 heavy (non-hydrogen) atoms. The highest BCUT2D eigenvalue weighted by molar-refractivity contribution is 5.72. The molecular weight excluding hydrogens is 260 g/mol. The number of nitrogens with zero attached hydrogens (tertiary/aromatic N) is 1. The predicted molar refractivity (Wildman–Crippen MR) is 85.1 cm³/mol. The van der Waals surface area contributed by atoms with Crippen molar-refractivity contribution in [3.8, 4) is 22.9 Å². The molecule has 0 spiro atoms. The largest absolute Gasteiger partial charge is 0.496 e. The first-order valence-corrected chi connectivity index (χ1v) is 7.05. The zero-order valence-electron chi connectivity index (χ0n) is 12.7. The van der Waals surface area contributed by atoms with Crippen LogP contribution in [0.4, 0.5) is 0 Å². The van der Waals surface area contributed by atoms with Gasteiger partial charge in [0.05, 0.1) is 18.7 Å². The van der Waals surface area contributed by atoms with Gasteiger partial charge in [0.25, 0.3) is 0 Å². The number of hydrogen-bond acceptors (Lipinski definition) is 3. The minimum atomic E-state index is 0.470. The number of methoxy groups -OCH3 is 1. The molecule has 3 heteroatoms. The van der Waals surface area contributed by atoms with Crippen molar-refractivity contribution in [2.24, 2.45) is 0 Å². The predicted octanol–water partition coefficient (Wildman–Crippen LogP) is 3.73. The molecule has 3 nitrogen and oxygen atoms in total. The highest BCUT2D eigenvalue weighted by Gasteiger charge is 2.07. The Balaban J connectivity index is 2.28. The Labute approximate surface area is 126 Å². The fourth-order valence-electron chi connectivity index (χ4n) is 2.13. The van der Waals surface area contributed by atoms with Crippen LogP contribution in [-0.2, 0) is 6.54 Å². The van der Waals surface area contributed by atoms with Crippen LogP contribution in [-0.4, -0.2) is 13.2 Å². The van der Waals surface area contributed by atoms with E-state index in [9.17, 15) is 0 Å². The summed E-state index contributed by atoms with van der Waals surface area (Å²) in [6.07, 6.45) is 0. The summed E-state index contributed by atoms with van der Waals surface area (Å²) in [7, 11) is 1.64. The van der Waals surface area contributed by atoms with Crippen LogP contribution in [0.25, 0.3) is 11.1 Å². The molecular formula is C18H20N2O. The second-order valence-electron chi connectivity index (χ2n) is 5.26. The van der Waals surface area contributed by atoms with E-state index in [-0.39, 0.29) is 0 Å². The Bertz CT molecular complexity index is 639. The van der Waals surface area contributed by atoms with E-state index in [4.69, 9.17) is 10.00 Å². The van der Waals surface area contributed by atoms with Gasteiger partial charge in [0.15, 0.2) is 0 Å². The fourth-order valence-corrected chi connectivity index (χ4v) is 2.13. The van der Waals surface area contributed by atoms with Gasteiger partial charge in [-0.05, 0) is 29.3 Å². The van der Waals surface area contributed by atoms with E-state index in [1.54, 1.807) is 13.2 Å². The number of benzene rings is 2. The second-order valence-corrected chi connectivity index (χ2v) is 5.26. The highest BCUT2D eigenvalue weighted by atomic mass is 16.5. The lowest BCUT2D eigenvalue weighted by molar-refractivity contribution is 0.416. The standard InChI is InChI=1S/C18H20N2O/c1-13(2)20-12-14-4-7-16(8-5-14)17-10-15(11-19)6-9-18(17)21-3/h4-10,13,20H,12H2,1-3H3. The number of hydrogen-bond donors (Lipinski definition) is 1. The van der Waals surface area contributed by atoms with Crippen molar-refractivity contribution in [3.63, 3.8) is 0 Å². The van der Waals surface area contributed by atoms with Crippen LogP contribution in [0.3, 0.4) is 0 Å². The van der Waals surface area contributed by atoms with Crippen LogP contribution in [0.2, 0.25) is 0 Å². The average molecular weight is 280 g/mol. The van der Waals surface area contributed by atoms with Gasteiger partial charge in [-0.1, -0.05) is 38.1 Å². The zero-order chi connectivity index (χ0) is 15.2. The van der Waals surface area contributed by atoms with Gasteiger partial charge in [0.2, 0.25) is 0 Å². The molecule has 0 saturated heterocycles. The maximum absolute atomic E-state index is 9.04. The molecule has 0 aliphatic carbocycles. The molecule has 0 saturated carbocycles. The van der Waals surface area contributed by atoms with Crippen LogP contribution in [0.5, 0.6) is 5.75 Å². The molecule has 0 radical (unpaired) electrons. The minimum Gasteiger partial charge on any atom is -0.496 e. The first kappa shape index (κ1) is 15.1. The summed E-state index contributed by atoms with van der Waals surface area (Å²) < 4.78 is 5.39. The molecule has 0 aliphatic rings. The highest BCUT2D eigenvalue weighted by Crippen LogP contribution is 2.30. The lowest BCUT2D eigenvalue weighted by Gasteiger charge is -2.11. The fraction of sp³-hybridized carbons (Fsp3) is 0.278. The molecule has 0 aliphatic heterocycles. The van der Waals surface area contributed by atoms with E-state index in [2.05, 4.69) is 49.5 Å². The summed E-state index contributed by atoms with van der Waals surface area (Å²) in [5, 5.41) is 12.4. The summed E-state index contributed by atoms with van der Waals surface area (Å²) in [4.78, 5) is 0. The summed E-state index contributed by atoms with van der Waals surface area (Å²) >= 11 is 0. The molecule has 108 valence electrons. The Morgan fingerprint density at radius 1 is 1.14 bits per heavy atom. The van der Waals surface area contributed by atoms with Crippen molar-refractivity contribution in [2.75, 3.05) is 7.11 Å². The van der Waals surface area contributed by atoms with Gasteiger partial charge in [-0.25, -0.2) is 0 Å². The molecule has 0 fully saturated rings. The minimum absolute atomic E-state index is 0.470. The van der Waals surface area contributed by atoms with Crippen LogP contribution >= 0.6 is 0 Å². The smallest absolute Gasteiger partial charge is 0.126 e. The van der Waals surface area contributed by atoms with E-state index in [1.807, 2.05) is 12.1 Å².